The van der Waals surface area contributed by atoms with Crippen molar-refractivity contribution in [3.63, 3.8) is 0 Å². The van der Waals surface area contributed by atoms with Crippen molar-refractivity contribution in [1.29, 1.82) is 21.0 Å². The minimum atomic E-state index is -4.25. The Labute approximate surface area is 55.0 Å². The van der Waals surface area contributed by atoms with Crippen LogP contribution in [0.25, 0.3) is 0 Å². The van der Waals surface area contributed by atoms with Gasteiger partial charge in [0.15, 0.2) is 0 Å². The number of nitrogens with zero attached hydrogens (tertiary/aromatic N) is 4. The molecule has 0 aliphatic carbocycles. The van der Waals surface area contributed by atoms with Gasteiger partial charge in [0.05, 0.1) is 0 Å². The van der Waals surface area contributed by atoms with Crippen molar-refractivity contribution in [3.8, 4) is 18.7 Å². The number of nitriles is 4. The van der Waals surface area contributed by atoms with Gasteiger partial charge in [-0.2, -0.15) is 0 Å². The first-order chi connectivity index (χ1) is 4.24. The number of hydrogen-bond donors (Lipinski definition) is 0. The van der Waals surface area contributed by atoms with E-state index < -0.39 is 14.8 Å². The summed E-state index contributed by atoms with van der Waals surface area (Å²) in [5.74, 6) is 0. The minimum absolute atomic E-state index is 1.50. The fraction of sp³-hybridized carbons (Fsp3) is 0. The SMILES string of the molecule is N#[C][Zn-2]([C]#N)([C]#N)[C]#N. The molecule has 5 heteroatoms. The quantitative estimate of drug-likeness (QED) is 0.479. The summed E-state index contributed by atoms with van der Waals surface area (Å²) in [6.45, 7) is 0. The monoisotopic (exact) mass is 168 g/mol. The fourth-order valence-electron chi connectivity index (χ4n) is 0.212. The molecule has 0 saturated carbocycles. The standard InChI is InChI=1S/4CN.Zn/c4*1-2;/q;;;;-2. The average Bonchev–Trinajstić information content (AvgIpc) is 1.95. The Morgan fingerprint density at radius 2 is 0.889 bits per heavy atom. The maximum absolute atomic E-state index is 8.16. The topological polar surface area (TPSA) is 95.2 Å². The Morgan fingerprint density at radius 1 is 0.667 bits per heavy atom. The second-order valence-corrected chi connectivity index (χ2v) is 8.80. The van der Waals surface area contributed by atoms with Crippen molar-refractivity contribution < 1.29 is 14.8 Å². The van der Waals surface area contributed by atoms with Crippen LogP contribution in [0.1, 0.15) is 0 Å². The van der Waals surface area contributed by atoms with Gasteiger partial charge in [-0.25, -0.2) is 0 Å². The van der Waals surface area contributed by atoms with E-state index >= 15 is 0 Å². The van der Waals surface area contributed by atoms with Gasteiger partial charge in [0, 0.05) is 0 Å². The molecule has 0 saturated heterocycles. The van der Waals surface area contributed by atoms with Crippen molar-refractivity contribution in [3.05, 3.63) is 0 Å². The van der Waals surface area contributed by atoms with E-state index in [1.165, 1.54) is 18.7 Å². The summed E-state index contributed by atoms with van der Waals surface area (Å²) in [4.78, 5) is 0. The first kappa shape index (κ1) is 7.58. The van der Waals surface area contributed by atoms with Crippen molar-refractivity contribution >= 4 is 0 Å². The summed E-state index contributed by atoms with van der Waals surface area (Å²) in [7, 11) is 0. The summed E-state index contributed by atoms with van der Waals surface area (Å²) < 4.78 is 6.00. The maximum atomic E-state index is 8.16. The molecule has 0 bridgehead atoms. The van der Waals surface area contributed by atoms with Crippen LogP contribution in [0.5, 0.6) is 0 Å². The van der Waals surface area contributed by atoms with Crippen LogP contribution < -0.4 is 0 Å². The molecule has 4 nitrogen and oxygen atoms in total. The Balaban J connectivity index is 4.84. The Bertz CT molecular complexity index is 205. The summed E-state index contributed by atoms with van der Waals surface area (Å²) in [6, 6.07) is 0. The van der Waals surface area contributed by atoms with E-state index in [-0.39, 0.29) is 0 Å². The molecule has 0 spiro atoms. The van der Waals surface area contributed by atoms with Gasteiger partial charge in [0.1, 0.15) is 0 Å². The van der Waals surface area contributed by atoms with Gasteiger partial charge in [-0.1, -0.05) is 0 Å². The normalized spacial score (nSPS) is 7.56. The molecule has 0 aromatic carbocycles. The van der Waals surface area contributed by atoms with E-state index in [2.05, 4.69) is 0 Å². The van der Waals surface area contributed by atoms with E-state index in [0.717, 1.165) is 0 Å². The predicted molar refractivity (Wildman–Crippen MR) is 22.5 cm³/mol. The molecule has 0 N–H and O–H groups in total. The molecule has 9 heavy (non-hydrogen) atoms. The average molecular weight is 169 g/mol. The zero-order valence-electron chi connectivity index (χ0n) is 4.50. The van der Waals surface area contributed by atoms with Crippen LogP contribution in [-0.2, 0) is 14.8 Å². The van der Waals surface area contributed by atoms with Gasteiger partial charge >= 0.3 is 54.5 Å². The number of hydrogen-bond acceptors (Lipinski definition) is 4. The van der Waals surface area contributed by atoms with Crippen molar-refractivity contribution in [2.75, 3.05) is 0 Å². The predicted octanol–water partition coefficient (Wildman–Crippen LogP) is 0.0646. The van der Waals surface area contributed by atoms with Gasteiger partial charge in [-0.05, 0) is 0 Å². The van der Waals surface area contributed by atoms with Gasteiger partial charge < -0.3 is 0 Å². The summed E-state index contributed by atoms with van der Waals surface area (Å²) in [6.07, 6.45) is 0. The third-order valence-corrected chi connectivity index (χ3v) is 4.93. The summed E-state index contributed by atoms with van der Waals surface area (Å²) in [5.41, 5.74) is 0. The molecular formula is C4N4Zn-2. The zero-order valence-corrected chi connectivity index (χ0v) is 7.46. The molecule has 0 unspecified atom stereocenters. The van der Waals surface area contributed by atoms with Gasteiger partial charge in [0.25, 0.3) is 0 Å². The molecule has 0 aromatic heterocycles. The Kier molecular flexibility index (Phi) is 2.35. The zero-order chi connectivity index (χ0) is 7.33. The summed E-state index contributed by atoms with van der Waals surface area (Å²) >= 11 is -4.25. The molecule has 0 aliphatic heterocycles. The van der Waals surface area contributed by atoms with Crippen LogP contribution in [-0.4, -0.2) is 0 Å². The molecule has 40 valence electrons. The molecule has 0 fully saturated rings. The van der Waals surface area contributed by atoms with Gasteiger partial charge in [-0.3, -0.25) is 0 Å². The summed E-state index contributed by atoms with van der Waals surface area (Å²) in [5, 5.41) is 32.6. The van der Waals surface area contributed by atoms with Crippen LogP contribution >= 0.6 is 0 Å². The second kappa shape index (κ2) is 2.79. The molecular weight excluding hydrogens is 169 g/mol. The molecule has 0 radical (unpaired) electrons. The Hall–Kier alpha value is -1.42. The molecule has 0 atom stereocenters. The second-order valence-electron chi connectivity index (χ2n) is 1.69. The molecule has 0 rings (SSSR count). The Morgan fingerprint density at radius 3 is 0.889 bits per heavy atom. The first-order valence-electron chi connectivity index (χ1n) is 2.31. The van der Waals surface area contributed by atoms with Crippen molar-refractivity contribution in [2.24, 2.45) is 0 Å². The van der Waals surface area contributed by atoms with Crippen LogP contribution in [0.2, 0.25) is 0 Å². The van der Waals surface area contributed by atoms with E-state index in [0.29, 0.717) is 0 Å². The van der Waals surface area contributed by atoms with Crippen molar-refractivity contribution in [1.82, 2.24) is 0 Å². The molecule has 0 aliphatic rings. The van der Waals surface area contributed by atoms with Crippen molar-refractivity contribution in [2.45, 2.75) is 0 Å². The van der Waals surface area contributed by atoms with E-state index in [4.69, 9.17) is 21.0 Å². The van der Waals surface area contributed by atoms with Gasteiger partial charge in [0.2, 0.25) is 0 Å². The van der Waals surface area contributed by atoms with Gasteiger partial charge in [-0.15, -0.1) is 0 Å². The molecule has 0 aromatic rings. The first-order valence-corrected chi connectivity index (χ1v) is 8.24. The van der Waals surface area contributed by atoms with Crippen LogP contribution in [0.4, 0.5) is 0 Å². The third-order valence-electron chi connectivity index (χ3n) is 0.949. The fourth-order valence-corrected chi connectivity index (χ4v) is 1.10. The van der Waals surface area contributed by atoms with Crippen LogP contribution in [0.15, 0.2) is 0 Å². The van der Waals surface area contributed by atoms with Crippen LogP contribution in [0, 0.1) is 39.7 Å². The van der Waals surface area contributed by atoms with Crippen LogP contribution in [0.3, 0.4) is 0 Å². The molecule has 0 amide bonds. The van der Waals surface area contributed by atoms with E-state index in [1.54, 1.807) is 0 Å². The molecule has 0 heterocycles. The third kappa shape index (κ3) is 1.23. The van der Waals surface area contributed by atoms with E-state index in [9.17, 15) is 0 Å². The van der Waals surface area contributed by atoms with E-state index in [1.807, 2.05) is 0 Å². The number of rotatable bonds is 0.